The van der Waals surface area contributed by atoms with Crippen LogP contribution in [0.3, 0.4) is 0 Å². The van der Waals surface area contributed by atoms with Crippen LogP contribution in [0.5, 0.6) is 0 Å². The van der Waals surface area contributed by atoms with Crippen LogP contribution in [0.25, 0.3) is 0 Å². The molecule has 8 heavy (non-hydrogen) atoms. The van der Waals surface area contributed by atoms with Crippen LogP contribution in [-0.2, 0) is 4.57 Å². The van der Waals surface area contributed by atoms with Crippen LogP contribution < -0.4 is 11.0 Å². The minimum absolute atomic E-state index is 0.728. The molecule has 4 N–H and O–H groups in total. The summed E-state index contributed by atoms with van der Waals surface area (Å²) in [6.45, 7) is 0. The first-order chi connectivity index (χ1) is 3.81. The van der Waals surface area contributed by atoms with Crippen molar-refractivity contribution in [1.29, 1.82) is 0 Å². The highest BCUT2D eigenvalue weighted by molar-refractivity contribution is 8.83. The van der Waals surface area contributed by atoms with Crippen LogP contribution in [0.2, 0.25) is 0 Å². The molecule has 0 heterocycles. The minimum atomic E-state index is -1.56. The number of hydrogen-bond acceptors (Lipinski definition) is 6. The Kier molecular flexibility index (Phi) is 5.41. The normalized spacial score (nSPS) is 12.4. The Labute approximate surface area is 55.2 Å². The van der Waals surface area contributed by atoms with Crippen molar-refractivity contribution in [1.82, 2.24) is 0 Å². The topological polar surface area (TPSA) is 93.8 Å². The lowest BCUT2D eigenvalue weighted by Crippen LogP contribution is -1.70. The fourth-order valence-electron chi connectivity index (χ4n) is 0.0701. The van der Waals surface area contributed by atoms with Crippen molar-refractivity contribution in [3.63, 3.8) is 0 Å². The van der Waals surface area contributed by atoms with Crippen molar-refractivity contribution < 1.29 is 4.57 Å². The summed E-state index contributed by atoms with van der Waals surface area (Å²) >= 11 is 1.48. The van der Waals surface area contributed by atoms with E-state index >= 15 is 0 Å². The van der Waals surface area contributed by atoms with Crippen molar-refractivity contribution in [2.24, 2.45) is 20.7 Å². The zero-order chi connectivity index (χ0) is 6.41. The van der Waals surface area contributed by atoms with Gasteiger partial charge >= 0.3 is 17.8 Å². The van der Waals surface area contributed by atoms with Crippen LogP contribution >= 0.6 is 29.3 Å². The quantitative estimate of drug-likeness (QED) is 0.219. The summed E-state index contributed by atoms with van der Waals surface area (Å²) in [5.41, 5.74) is 0. The highest BCUT2D eigenvalue weighted by Crippen LogP contribution is 2.47. The molecular weight excluding hydrogens is 167 g/mol. The molecule has 1 unspecified atom stereocenters. The Morgan fingerprint density at radius 3 is 2.62 bits per heavy atom. The predicted octanol–water partition coefficient (Wildman–Crippen LogP) is 1.22. The lowest BCUT2D eigenvalue weighted by atomic mass is 12.8. The maximum absolute atomic E-state index is 10.3. The fourth-order valence-corrected chi connectivity index (χ4v) is 1.25. The Morgan fingerprint density at radius 2 is 2.25 bits per heavy atom. The molecule has 0 aliphatic carbocycles. The molecule has 5 nitrogen and oxygen atoms in total. The summed E-state index contributed by atoms with van der Waals surface area (Å²) in [6, 6.07) is 0. The smallest absolute Gasteiger partial charge is 0.304 e. The van der Waals surface area contributed by atoms with Crippen molar-refractivity contribution in [2.75, 3.05) is 0 Å². The monoisotopic (exact) mass is 171 g/mol. The second kappa shape index (κ2) is 5.30. The van der Waals surface area contributed by atoms with Crippen molar-refractivity contribution in [2.45, 2.75) is 0 Å². The third-order valence-electron chi connectivity index (χ3n) is 0.236. The molecule has 46 valence electrons. The van der Waals surface area contributed by atoms with E-state index in [1.165, 1.54) is 0 Å². The average Bonchev–Trinajstić information content (AvgIpc) is 1.83. The van der Waals surface area contributed by atoms with E-state index in [-0.39, 0.29) is 0 Å². The Bertz CT molecular complexity index is 102. The van der Waals surface area contributed by atoms with Gasteiger partial charge in [0.2, 0.25) is 11.6 Å². The Balaban J connectivity index is 3.25. The second-order valence-electron chi connectivity index (χ2n) is 0.608. The number of hydrogen-bond donors (Lipinski definition) is 2. The first-order valence-electron chi connectivity index (χ1n) is 1.42. The zero-order valence-corrected chi connectivity index (χ0v) is 6.25. The molecule has 0 bridgehead atoms. The lowest BCUT2D eigenvalue weighted by molar-refractivity contribution is 0.603. The van der Waals surface area contributed by atoms with E-state index in [1.807, 2.05) is 0 Å². The second-order valence-corrected chi connectivity index (χ2v) is 5.40. The Morgan fingerprint density at radius 1 is 1.62 bits per heavy atom. The number of nitrogens with two attached hydrogens (primary N) is 2. The molecule has 0 fully saturated rings. The summed E-state index contributed by atoms with van der Waals surface area (Å²) in [5.74, 6) is 4.59. The van der Waals surface area contributed by atoms with Gasteiger partial charge in [0.1, 0.15) is 0 Å². The van der Waals surface area contributed by atoms with Gasteiger partial charge in [-0.15, -0.1) is 0 Å². The van der Waals surface area contributed by atoms with E-state index in [2.05, 4.69) is 15.6 Å². The molecule has 0 aromatic rings. The van der Waals surface area contributed by atoms with Gasteiger partial charge in [-0.1, -0.05) is 5.22 Å². The zero-order valence-electron chi connectivity index (χ0n) is 3.72. The molecule has 0 aromatic carbocycles. The maximum Gasteiger partial charge on any atom is 0.526 e. The van der Waals surface area contributed by atoms with Gasteiger partial charge in [-0.2, -0.15) is 0 Å². The predicted molar refractivity (Wildman–Crippen MR) is 36.0 cm³/mol. The number of nitrogens with zero attached hydrogens (tertiary/aromatic N) is 2. The van der Waals surface area contributed by atoms with Gasteiger partial charge in [0, 0.05) is 0 Å². The van der Waals surface area contributed by atoms with Gasteiger partial charge in [0.05, 0.1) is 0 Å². The first kappa shape index (κ1) is 8.16. The first-order valence-corrected chi connectivity index (χ1v) is 5.55. The Hall–Kier alpha value is 0.160. The molecule has 0 rings (SSSR count). The molecule has 8 heteroatoms. The third kappa shape index (κ3) is 4.32. The average molecular weight is 171 g/mol. The summed E-state index contributed by atoms with van der Waals surface area (Å²) in [5, 5.41) is 7.74. The van der Waals surface area contributed by atoms with Crippen LogP contribution in [0.4, 0.5) is 0 Å². The van der Waals surface area contributed by atoms with Gasteiger partial charge in [-0.05, 0) is 9.08 Å². The molecule has 0 saturated carbocycles. The van der Waals surface area contributed by atoms with Crippen LogP contribution in [0.15, 0.2) is 9.74 Å². The fraction of sp³-hybridized carbons (Fsp3) is 0. The van der Waals surface area contributed by atoms with Gasteiger partial charge in [0.25, 0.3) is 0 Å². The van der Waals surface area contributed by atoms with E-state index in [1.54, 1.807) is 0 Å². The van der Waals surface area contributed by atoms with Crippen LogP contribution in [0, 0.1) is 0 Å². The molecule has 0 aliphatic heterocycles. The van der Waals surface area contributed by atoms with Gasteiger partial charge in [-0.25, -0.2) is 5.14 Å². The summed E-state index contributed by atoms with van der Waals surface area (Å²) in [4.78, 5) is 0. The molecule has 0 radical (unpaired) electrons. The van der Waals surface area contributed by atoms with Crippen molar-refractivity contribution in [3.8, 4) is 0 Å². The number of rotatable bonds is 3. The summed E-state index contributed by atoms with van der Waals surface area (Å²) in [6.07, 6.45) is -1.56. The van der Waals surface area contributed by atoms with Crippen molar-refractivity contribution in [3.05, 3.63) is 0 Å². The minimum Gasteiger partial charge on any atom is -0.304 e. The lowest BCUT2D eigenvalue weighted by Gasteiger charge is -1.65. The molecule has 0 amide bonds. The molecule has 1 atom stereocenters. The van der Waals surface area contributed by atoms with Gasteiger partial charge in [0.15, 0.2) is 0 Å². The SMILES string of the molecule is NN=NS[P+](=O)SN. The van der Waals surface area contributed by atoms with Crippen LogP contribution in [-0.4, -0.2) is 0 Å². The third-order valence-corrected chi connectivity index (χ3v) is 3.22. The molecule has 0 saturated heterocycles. The molecule has 0 aliphatic rings. The van der Waals surface area contributed by atoms with Crippen LogP contribution in [0.1, 0.15) is 0 Å². The highest BCUT2D eigenvalue weighted by Gasteiger charge is 2.16. The van der Waals surface area contributed by atoms with E-state index < -0.39 is 6.20 Å². The maximum atomic E-state index is 10.3. The van der Waals surface area contributed by atoms with E-state index in [0.29, 0.717) is 0 Å². The summed E-state index contributed by atoms with van der Waals surface area (Å²) in [7, 11) is 0. The van der Waals surface area contributed by atoms with Gasteiger partial charge < -0.3 is 5.84 Å². The van der Waals surface area contributed by atoms with E-state index in [9.17, 15) is 4.57 Å². The molecule has 0 aromatic heterocycles. The summed E-state index contributed by atoms with van der Waals surface area (Å²) < 4.78 is 13.5. The van der Waals surface area contributed by atoms with Crippen molar-refractivity contribution >= 4 is 29.3 Å². The highest BCUT2D eigenvalue weighted by atomic mass is 33.1. The van der Waals surface area contributed by atoms with E-state index in [0.717, 1.165) is 23.1 Å². The molecule has 0 spiro atoms. The molecular formula is H4N4OPS2+. The van der Waals surface area contributed by atoms with E-state index in [4.69, 9.17) is 5.14 Å². The largest absolute Gasteiger partial charge is 0.526 e. The van der Waals surface area contributed by atoms with Gasteiger partial charge in [-0.3, -0.25) is 0 Å². The standard InChI is InChI=1S/H4N4OPS2/c1-3-4-8-6(5)7-2/h2H2,(H2,1,4)/q+1.